The minimum Gasteiger partial charge on any atom is -0.507 e. The van der Waals surface area contributed by atoms with Crippen LogP contribution in [0.4, 0.5) is 5.69 Å². The minimum atomic E-state index is -3.65. The molecule has 0 bridgehead atoms. The molecule has 0 heterocycles. The first kappa shape index (κ1) is 22.6. The fraction of sp³-hybridized carbons (Fsp3) is 0.364. The number of hydrogen-bond acceptors (Lipinski definition) is 6. The van der Waals surface area contributed by atoms with E-state index in [4.69, 9.17) is 9.84 Å². The van der Waals surface area contributed by atoms with Crippen LogP contribution < -0.4 is 10.1 Å². The molecule has 1 amide bonds. The van der Waals surface area contributed by atoms with Gasteiger partial charge in [0.1, 0.15) is 22.1 Å². The lowest BCUT2D eigenvalue weighted by Crippen LogP contribution is -2.22. The van der Waals surface area contributed by atoms with E-state index >= 15 is 0 Å². The molecule has 1 aliphatic rings. The van der Waals surface area contributed by atoms with Gasteiger partial charge >= 0.3 is 11.9 Å². The van der Waals surface area contributed by atoms with Crippen molar-refractivity contribution < 1.29 is 33.0 Å². The monoisotopic (exact) mass is 447 g/mol. The van der Waals surface area contributed by atoms with Crippen LogP contribution in [-0.2, 0) is 32.3 Å². The van der Waals surface area contributed by atoms with Crippen molar-refractivity contribution >= 4 is 27.4 Å². The van der Waals surface area contributed by atoms with Gasteiger partial charge in [-0.25, -0.2) is 13.2 Å². The third-order valence-electron chi connectivity index (χ3n) is 5.23. The van der Waals surface area contributed by atoms with Gasteiger partial charge in [0, 0.05) is 17.3 Å². The predicted molar refractivity (Wildman–Crippen MR) is 115 cm³/mol. The zero-order chi connectivity index (χ0) is 22.8. The number of ether oxygens (including phenoxy) is 1. The zero-order valence-corrected chi connectivity index (χ0v) is 18.2. The Balaban J connectivity index is 1.97. The van der Waals surface area contributed by atoms with E-state index in [9.17, 15) is 23.1 Å². The molecular weight excluding hydrogens is 422 g/mol. The summed E-state index contributed by atoms with van der Waals surface area (Å²) in [6.07, 6.45) is 3.36. The van der Waals surface area contributed by atoms with E-state index in [1.165, 1.54) is 18.2 Å². The van der Waals surface area contributed by atoms with Crippen molar-refractivity contribution in [2.75, 3.05) is 11.1 Å². The molecule has 0 saturated heterocycles. The SMILES string of the molecule is CCCCS(=O)(=O)c1cc(Oc2c(C)cc(NC(=O)C(=O)O)c3c2CCC3)ccc1O. The second-order valence-corrected chi connectivity index (χ2v) is 9.62. The Morgan fingerprint density at radius 3 is 2.55 bits per heavy atom. The lowest BCUT2D eigenvalue weighted by Gasteiger charge is -2.18. The van der Waals surface area contributed by atoms with Crippen LogP contribution in [0.2, 0.25) is 0 Å². The second kappa shape index (κ2) is 8.97. The number of carbonyl (C=O) groups is 2. The van der Waals surface area contributed by atoms with Gasteiger partial charge < -0.3 is 20.3 Å². The largest absolute Gasteiger partial charge is 0.507 e. The van der Waals surface area contributed by atoms with Gasteiger partial charge in [-0.1, -0.05) is 13.3 Å². The van der Waals surface area contributed by atoms with E-state index in [0.29, 0.717) is 42.7 Å². The number of unbranched alkanes of at least 4 members (excludes halogenated alkanes) is 1. The molecule has 3 N–H and O–H groups in total. The number of sulfone groups is 1. The molecule has 0 fully saturated rings. The Morgan fingerprint density at radius 1 is 1.16 bits per heavy atom. The molecule has 31 heavy (non-hydrogen) atoms. The molecular formula is C22H25NO7S. The number of hydrogen-bond donors (Lipinski definition) is 3. The van der Waals surface area contributed by atoms with Gasteiger partial charge in [0.2, 0.25) is 0 Å². The molecule has 2 aromatic carbocycles. The number of phenols is 1. The summed E-state index contributed by atoms with van der Waals surface area (Å²) in [5.41, 5.74) is 2.78. The van der Waals surface area contributed by atoms with Crippen molar-refractivity contribution in [3.8, 4) is 17.2 Å². The Morgan fingerprint density at radius 2 is 1.87 bits per heavy atom. The zero-order valence-electron chi connectivity index (χ0n) is 17.4. The standard InChI is InChI=1S/C22H25NO7S/c1-3-4-10-31(28,29)19-12-14(8-9-18(19)24)30-20-13(2)11-17(23-21(25)22(26)27)15-6-5-7-16(15)20/h8-9,11-12,24H,3-7,10H2,1-2H3,(H,23,25)(H,26,27). The minimum absolute atomic E-state index is 0.0626. The molecule has 8 nitrogen and oxygen atoms in total. The van der Waals surface area contributed by atoms with Crippen LogP contribution in [0.15, 0.2) is 29.2 Å². The molecule has 166 valence electrons. The number of carboxylic acid groups (broad SMARTS) is 1. The molecule has 0 aromatic heterocycles. The van der Waals surface area contributed by atoms with E-state index in [0.717, 1.165) is 17.5 Å². The van der Waals surface area contributed by atoms with Gasteiger partial charge in [0.15, 0.2) is 9.84 Å². The van der Waals surface area contributed by atoms with Crippen LogP contribution in [0, 0.1) is 6.92 Å². The van der Waals surface area contributed by atoms with Gasteiger partial charge in [-0.3, -0.25) is 4.79 Å². The Kier molecular flexibility index (Phi) is 6.54. The summed E-state index contributed by atoms with van der Waals surface area (Å²) in [6.45, 7) is 3.66. The van der Waals surface area contributed by atoms with Crippen LogP contribution in [0.3, 0.4) is 0 Å². The van der Waals surface area contributed by atoms with Crippen LogP contribution in [0.25, 0.3) is 0 Å². The number of carboxylic acids is 1. The van der Waals surface area contributed by atoms with Crippen molar-refractivity contribution in [1.82, 2.24) is 0 Å². The van der Waals surface area contributed by atoms with Gasteiger partial charge in [-0.2, -0.15) is 0 Å². The number of aliphatic carboxylic acids is 1. The number of aryl methyl sites for hydroxylation is 1. The number of nitrogens with one attached hydrogen (secondary N) is 1. The summed E-state index contributed by atoms with van der Waals surface area (Å²) >= 11 is 0. The molecule has 0 aliphatic heterocycles. The highest BCUT2D eigenvalue weighted by molar-refractivity contribution is 7.91. The summed E-state index contributed by atoms with van der Waals surface area (Å²) in [5.74, 6) is -2.24. The summed E-state index contributed by atoms with van der Waals surface area (Å²) in [5, 5.41) is 21.4. The fourth-order valence-corrected chi connectivity index (χ4v) is 5.27. The molecule has 0 saturated carbocycles. The molecule has 0 atom stereocenters. The highest BCUT2D eigenvalue weighted by Crippen LogP contribution is 2.41. The lowest BCUT2D eigenvalue weighted by molar-refractivity contribution is -0.147. The number of carbonyl (C=O) groups excluding carboxylic acids is 1. The first-order chi connectivity index (χ1) is 14.6. The smallest absolute Gasteiger partial charge is 0.394 e. The van der Waals surface area contributed by atoms with Crippen molar-refractivity contribution in [2.45, 2.75) is 50.8 Å². The van der Waals surface area contributed by atoms with Crippen molar-refractivity contribution in [2.24, 2.45) is 0 Å². The van der Waals surface area contributed by atoms with Gasteiger partial charge in [0.05, 0.1) is 5.75 Å². The number of fused-ring (bicyclic) bond motifs is 1. The van der Waals surface area contributed by atoms with Gasteiger partial charge in [-0.15, -0.1) is 0 Å². The number of aromatic hydroxyl groups is 1. The number of anilines is 1. The third kappa shape index (κ3) is 4.82. The van der Waals surface area contributed by atoms with Crippen molar-refractivity contribution in [3.05, 3.63) is 41.0 Å². The van der Waals surface area contributed by atoms with Crippen molar-refractivity contribution in [1.29, 1.82) is 0 Å². The normalized spacial score (nSPS) is 13.0. The van der Waals surface area contributed by atoms with Crippen LogP contribution in [0.1, 0.15) is 42.9 Å². The molecule has 2 aromatic rings. The van der Waals surface area contributed by atoms with E-state index in [1.807, 2.05) is 6.92 Å². The first-order valence-electron chi connectivity index (χ1n) is 10.1. The quantitative estimate of drug-likeness (QED) is 0.553. The maximum Gasteiger partial charge on any atom is 0.394 e. The van der Waals surface area contributed by atoms with E-state index in [2.05, 4.69) is 5.32 Å². The van der Waals surface area contributed by atoms with E-state index in [1.54, 1.807) is 13.0 Å². The Bertz CT molecular complexity index is 1140. The number of amides is 1. The summed E-state index contributed by atoms with van der Waals surface area (Å²) in [7, 11) is -3.65. The maximum absolute atomic E-state index is 12.6. The Labute approximate surface area is 180 Å². The van der Waals surface area contributed by atoms with Gasteiger partial charge in [-0.05, 0) is 61.9 Å². The first-order valence-corrected chi connectivity index (χ1v) is 11.7. The maximum atomic E-state index is 12.6. The molecule has 9 heteroatoms. The number of benzene rings is 2. The number of phenolic OH excluding ortho intramolecular Hbond substituents is 1. The average Bonchev–Trinajstić information content (AvgIpc) is 3.20. The third-order valence-corrected chi connectivity index (χ3v) is 7.05. The summed E-state index contributed by atoms with van der Waals surface area (Å²) < 4.78 is 31.2. The Hall–Kier alpha value is -3.07. The number of rotatable bonds is 7. The second-order valence-electron chi connectivity index (χ2n) is 7.54. The molecule has 0 unspecified atom stereocenters. The fourth-order valence-electron chi connectivity index (χ4n) is 3.70. The molecule has 0 spiro atoms. The van der Waals surface area contributed by atoms with E-state index < -0.39 is 21.7 Å². The highest BCUT2D eigenvalue weighted by atomic mass is 32.2. The molecule has 1 aliphatic carbocycles. The van der Waals surface area contributed by atoms with E-state index in [-0.39, 0.29) is 22.1 Å². The van der Waals surface area contributed by atoms with Crippen molar-refractivity contribution in [3.63, 3.8) is 0 Å². The van der Waals surface area contributed by atoms with Crippen LogP contribution >= 0.6 is 0 Å². The van der Waals surface area contributed by atoms with Crippen LogP contribution in [0.5, 0.6) is 17.2 Å². The molecule has 0 radical (unpaired) electrons. The van der Waals surface area contributed by atoms with Gasteiger partial charge in [0.25, 0.3) is 0 Å². The highest BCUT2D eigenvalue weighted by Gasteiger charge is 2.25. The summed E-state index contributed by atoms with van der Waals surface area (Å²) in [6, 6.07) is 5.76. The molecule has 3 rings (SSSR count). The summed E-state index contributed by atoms with van der Waals surface area (Å²) in [4.78, 5) is 22.3. The average molecular weight is 448 g/mol. The lowest BCUT2D eigenvalue weighted by atomic mass is 10.0. The topological polar surface area (TPSA) is 130 Å². The van der Waals surface area contributed by atoms with Crippen LogP contribution in [-0.4, -0.2) is 36.3 Å². The predicted octanol–water partition coefficient (Wildman–Crippen LogP) is 3.58.